The van der Waals surface area contributed by atoms with E-state index in [4.69, 9.17) is 0 Å². The molecule has 0 aromatic heterocycles. The number of likely N-dealkylation sites (N-methyl/N-ethyl adjacent to an activating group) is 1. The minimum Gasteiger partial charge on any atom is -0.334 e. The van der Waals surface area contributed by atoms with E-state index < -0.39 is 0 Å². The summed E-state index contributed by atoms with van der Waals surface area (Å²) in [5.41, 5.74) is 1.73. The normalized spacial score (nSPS) is 19.7. The molecule has 2 amide bonds. The van der Waals surface area contributed by atoms with Gasteiger partial charge in [-0.25, -0.2) is 4.39 Å². The van der Waals surface area contributed by atoms with E-state index in [0.29, 0.717) is 18.8 Å². The van der Waals surface area contributed by atoms with Gasteiger partial charge in [-0.15, -0.1) is 0 Å². The molecule has 3 rings (SSSR count). The Balaban J connectivity index is 1.41. The summed E-state index contributed by atoms with van der Waals surface area (Å²) in [6, 6.07) is 15.9. The average Bonchev–Trinajstić information content (AvgIpc) is 2.76. The second-order valence-corrected chi connectivity index (χ2v) is 8.00. The lowest BCUT2D eigenvalue weighted by Crippen LogP contribution is -3.28. The Hall–Kier alpha value is -2.77. The molecule has 160 valence electrons. The zero-order valence-electron chi connectivity index (χ0n) is 17.7. The Kier molecular flexibility index (Phi) is 7.54. The molecule has 1 aliphatic heterocycles. The Bertz CT molecular complexity index is 836. The van der Waals surface area contributed by atoms with Crippen LogP contribution >= 0.6 is 0 Å². The molecule has 0 saturated carbocycles. The SMILES string of the molecule is C[C@@H](c1ccccc1)N(C)C(=O)C[NH+]1CC[NH+](CC(=O)Nc2ccc(F)cc2)CC1. The number of rotatable bonds is 7. The number of nitrogens with zero attached hydrogens (tertiary/aromatic N) is 1. The average molecular weight is 415 g/mol. The van der Waals surface area contributed by atoms with Crippen molar-refractivity contribution >= 4 is 17.5 Å². The van der Waals surface area contributed by atoms with E-state index in [1.165, 1.54) is 21.9 Å². The van der Waals surface area contributed by atoms with Gasteiger partial charge in [-0.05, 0) is 36.8 Å². The molecule has 0 radical (unpaired) electrons. The summed E-state index contributed by atoms with van der Waals surface area (Å²) >= 11 is 0. The molecule has 30 heavy (non-hydrogen) atoms. The van der Waals surface area contributed by atoms with E-state index in [2.05, 4.69) is 5.32 Å². The minimum absolute atomic E-state index is 0.0418. The highest BCUT2D eigenvalue weighted by Crippen LogP contribution is 2.17. The van der Waals surface area contributed by atoms with Crippen molar-refractivity contribution in [1.29, 1.82) is 0 Å². The minimum atomic E-state index is -0.323. The van der Waals surface area contributed by atoms with Gasteiger partial charge >= 0.3 is 0 Å². The molecule has 7 heteroatoms. The number of carbonyl (C=O) groups is 2. The van der Waals surface area contributed by atoms with E-state index >= 15 is 0 Å². The predicted octanol–water partition coefficient (Wildman–Crippen LogP) is -0.233. The number of halogens is 1. The largest absolute Gasteiger partial charge is 0.334 e. The Morgan fingerprint density at radius 2 is 1.53 bits per heavy atom. The molecular weight excluding hydrogens is 383 g/mol. The molecule has 2 aromatic carbocycles. The van der Waals surface area contributed by atoms with Gasteiger partial charge in [-0.3, -0.25) is 9.59 Å². The molecule has 1 aliphatic rings. The summed E-state index contributed by atoms with van der Waals surface area (Å²) in [6.07, 6.45) is 0. The quantitative estimate of drug-likeness (QED) is 0.586. The van der Waals surface area contributed by atoms with E-state index in [1.807, 2.05) is 49.2 Å². The lowest BCUT2D eigenvalue weighted by molar-refractivity contribution is -1.00. The smallest absolute Gasteiger partial charge is 0.279 e. The zero-order valence-corrected chi connectivity index (χ0v) is 17.7. The first-order valence-electron chi connectivity index (χ1n) is 10.5. The molecule has 3 N–H and O–H groups in total. The van der Waals surface area contributed by atoms with Crippen molar-refractivity contribution in [3.05, 3.63) is 66.0 Å². The van der Waals surface area contributed by atoms with Crippen LogP contribution in [0.3, 0.4) is 0 Å². The van der Waals surface area contributed by atoms with Crippen molar-refractivity contribution < 1.29 is 23.8 Å². The summed E-state index contributed by atoms with van der Waals surface area (Å²) in [4.78, 5) is 29.2. The van der Waals surface area contributed by atoms with Gasteiger partial charge in [0.2, 0.25) is 0 Å². The molecule has 2 aromatic rings. The third kappa shape index (κ3) is 6.11. The number of amides is 2. The van der Waals surface area contributed by atoms with Gasteiger partial charge in [0.05, 0.1) is 6.04 Å². The molecule has 0 unspecified atom stereocenters. The summed E-state index contributed by atoms with van der Waals surface area (Å²) in [7, 11) is 1.86. The monoisotopic (exact) mass is 414 g/mol. The van der Waals surface area contributed by atoms with E-state index in [1.54, 1.807) is 12.1 Å². The van der Waals surface area contributed by atoms with Crippen LogP contribution in [0.2, 0.25) is 0 Å². The Morgan fingerprint density at radius 1 is 0.967 bits per heavy atom. The number of anilines is 1. The number of carbonyl (C=O) groups excluding carboxylic acids is 2. The number of piperazine rings is 1. The van der Waals surface area contributed by atoms with Crippen LogP contribution in [0.25, 0.3) is 0 Å². The van der Waals surface area contributed by atoms with Gasteiger partial charge in [0, 0.05) is 12.7 Å². The summed E-state index contributed by atoms with van der Waals surface area (Å²) in [6.45, 7) is 6.31. The van der Waals surface area contributed by atoms with Crippen LogP contribution in [0.1, 0.15) is 18.5 Å². The highest BCUT2D eigenvalue weighted by molar-refractivity contribution is 5.91. The third-order valence-corrected chi connectivity index (χ3v) is 5.86. The molecule has 1 atom stereocenters. The lowest BCUT2D eigenvalue weighted by Gasteiger charge is -2.31. The molecule has 0 spiro atoms. The number of nitrogens with one attached hydrogen (secondary N) is 3. The van der Waals surface area contributed by atoms with Crippen molar-refractivity contribution in [3.8, 4) is 0 Å². The summed E-state index contributed by atoms with van der Waals surface area (Å²) in [5, 5.41) is 2.81. The van der Waals surface area contributed by atoms with Crippen LogP contribution in [-0.4, -0.2) is 63.0 Å². The summed E-state index contributed by atoms with van der Waals surface area (Å²) in [5.74, 6) is -0.262. The molecule has 0 aliphatic carbocycles. The maximum absolute atomic E-state index is 13.0. The molecule has 0 bridgehead atoms. The second-order valence-electron chi connectivity index (χ2n) is 8.00. The van der Waals surface area contributed by atoms with Gasteiger partial charge in [-0.1, -0.05) is 30.3 Å². The first-order chi connectivity index (χ1) is 14.4. The first kappa shape index (κ1) is 21.9. The fourth-order valence-corrected chi connectivity index (χ4v) is 3.79. The van der Waals surface area contributed by atoms with Crippen molar-refractivity contribution in [2.45, 2.75) is 13.0 Å². The van der Waals surface area contributed by atoms with Crippen molar-refractivity contribution in [2.75, 3.05) is 51.6 Å². The van der Waals surface area contributed by atoms with Gasteiger partial charge in [0.1, 0.15) is 32.0 Å². The van der Waals surface area contributed by atoms with Crippen LogP contribution in [0, 0.1) is 5.82 Å². The van der Waals surface area contributed by atoms with Crippen LogP contribution in [0.4, 0.5) is 10.1 Å². The fourth-order valence-electron chi connectivity index (χ4n) is 3.79. The highest BCUT2D eigenvalue weighted by atomic mass is 19.1. The number of quaternary nitrogens is 2. The van der Waals surface area contributed by atoms with E-state index in [9.17, 15) is 14.0 Å². The van der Waals surface area contributed by atoms with E-state index in [-0.39, 0.29) is 23.7 Å². The molecular formula is C23H31FN4O2+2. The van der Waals surface area contributed by atoms with Crippen LogP contribution < -0.4 is 15.1 Å². The van der Waals surface area contributed by atoms with Crippen molar-refractivity contribution in [2.24, 2.45) is 0 Å². The number of hydrogen-bond donors (Lipinski definition) is 3. The number of benzene rings is 2. The maximum atomic E-state index is 13.0. The Labute approximate surface area is 177 Å². The predicted molar refractivity (Wildman–Crippen MR) is 114 cm³/mol. The molecule has 6 nitrogen and oxygen atoms in total. The van der Waals surface area contributed by atoms with E-state index in [0.717, 1.165) is 31.7 Å². The van der Waals surface area contributed by atoms with Crippen LogP contribution in [-0.2, 0) is 9.59 Å². The van der Waals surface area contributed by atoms with Gasteiger partial charge in [-0.2, -0.15) is 0 Å². The van der Waals surface area contributed by atoms with Gasteiger partial charge < -0.3 is 20.0 Å². The summed E-state index contributed by atoms with van der Waals surface area (Å²) < 4.78 is 13.0. The molecule has 1 fully saturated rings. The standard InChI is InChI=1S/C23H29FN4O2/c1-18(19-6-4-3-5-7-19)26(2)23(30)17-28-14-12-27(13-15-28)16-22(29)25-21-10-8-20(24)9-11-21/h3-11,18H,12-17H2,1-2H3,(H,25,29)/p+2/t18-/m0/s1. The van der Waals surface area contributed by atoms with Crippen molar-refractivity contribution in [3.63, 3.8) is 0 Å². The second kappa shape index (κ2) is 10.3. The topological polar surface area (TPSA) is 58.3 Å². The lowest BCUT2D eigenvalue weighted by atomic mass is 10.1. The van der Waals surface area contributed by atoms with Crippen LogP contribution in [0.5, 0.6) is 0 Å². The van der Waals surface area contributed by atoms with Gasteiger partial charge in [0.25, 0.3) is 11.8 Å². The molecule has 1 saturated heterocycles. The zero-order chi connectivity index (χ0) is 21.5. The maximum Gasteiger partial charge on any atom is 0.279 e. The number of hydrogen-bond acceptors (Lipinski definition) is 2. The Morgan fingerprint density at radius 3 is 2.13 bits per heavy atom. The third-order valence-electron chi connectivity index (χ3n) is 5.86. The fraction of sp³-hybridized carbons (Fsp3) is 0.391. The van der Waals surface area contributed by atoms with Gasteiger partial charge in [0.15, 0.2) is 13.1 Å². The van der Waals surface area contributed by atoms with Crippen LogP contribution in [0.15, 0.2) is 54.6 Å². The molecule has 1 heterocycles. The van der Waals surface area contributed by atoms with Crippen molar-refractivity contribution in [1.82, 2.24) is 4.90 Å². The first-order valence-corrected chi connectivity index (χ1v) is 10.5. The highest BCUT2D eigenvalue weighted by Gasteiger charge is 2.28.